The number of benzene rings is 2. The molecular weight excluding hydrogens is 338 g/mol. The number of methoxy groups -OCH3 is 1. The Labute approximate surface area is 151 Å². The predicted molar refractivity (Wildman–Crippen MR) is 94.6 cm³/mol. The lowest BCUT2D eigenvalue weighted by molar-refractivity contribution is -0.124. The number of aromatic hydroxyl groups is 1. The molecule has 2 aromatic rings. The van der Waals surface area contributed by atoms with Crippen LogP contribution in [0.5, 0.6) is 17.2 Å². The number of esters is 1. The monoisotopic (exact) mass is 359 g/mol. The van der Waals surface area contributed by atoms with Crippen LogP contribution in [0.4, 0.5) is 0 Å². The Morgan fingerprint density at radius 1 is 1.12 bits per heavy atom. The number of para-hydroxylation sites is 2. The first-order valence-electron chi connectivity index (χ1n) is 8.00. The first kappa shape index (κ1) is 19.1. The highest BCUT2D eigenvalue weighted by atomic mass is 16.5. The third-order valence-corrected chi connectivity index (χ3v) is 3.46. The Balaban J connectivity index is 1.71. The van der Waals surface area contributed by atoms with Crippen LogP contribution < -0.4 is 14.8 Å². The maximum absolute atomic E-state index is 11.9. The molecule has 26 heavy (non-hydrogen) atoms. The molecule has 0 unspecified atom stereocenters. The number of hydrogen-bond acceptors (Lipinski definition) is 6. The van der Waals surface area contributed by atoms with Crippen LogP contribution in [0.2, 0.25) is 0 Å². The summed E-state index contributed by atoms with van der Waals surface area (Å²) in [6, 6.07) is 11.7. The van der Waals surface area contributed by atoms with Gasteiger partial charge in [0.25, 0.3) is 5.91 Å². The number of amides is 1. The number of nitrogens with one attached hydrogen (secondary N) is 1. The minimum atomic E-state index is -0.761. The van der Waals surface area contributed by atoms with Crippen molar-refractivity contribution in [3.63, 3.8) is 0 Å². The lowest BCUT2D eigenvalue weighted by Gasteiger charge is -2.11. The van der Waals surface area contributed by atoms with Crippen molar-refractivity contribution >= 4 is 11.9 Å². The molecule has 0 atom stereocenters. The zero-order valence-corrected chi connectivity index (χ0v) is 14.7. The van der Waals surface area contributed by atoms with Crippen LogP contribution in [0, 0.1) is 6.92 Å². The molecule has 0 bridgehead atoms. The van der Waals surface area contributed by atoms with Crippen molar-refractivity contribution in [2.45, 2.75) is 6.92 Å². The smallest absolute Gasteiger partial charge is 0.342 e. The van der Waals surface area contributed by atoms with E-state index >= 15 is 0 Å². The zero-order valence-electron chi connectivity index (χ0n) is 14.7. The first-order valence-corrected chi connectivity index (χ1v) is 8.00. The largest absolute Gasteiger partial charge is 0.507 e. The summed E-state index contributed by atoms with van der Waals surface area (Å²) in [4.78, 5) is 23.6. The van der Waals surface area contributed by atoms with Gasteiger partial charge in [0.1, 0.15) is 17.9 Å². The SMILES string of the molecule is COc1ccccc1OCCNC(=O)COC(=O)c1ccc(C)cc1O. The molecule has 0 aliphatic heterocycles. The predicted octanol–water partition coefficient (Wildman–Crippen LogP) is 2.06. The van der Waals surface area contributed by atoms with Crippen molar-refractivity contribution in [1.82, 2.24) is 5.32 Å². The Bertz CT molecular complexity index is 774. The Hall–Kier alpha value is -3.22. The van der Waals surface area contributed by atoms with Crippen LogP contribution >= 0.6 is 0 Å². The standard InChI is InChI=1S/C19H21NO6/c1-13-7-8-14(15(21)11-13)19(23)26-12-18(22)20-9-10-25-17-6-4-3-5-16(17)24-2/h3-8,11,21H,9-10,12H2,1-2H3,(H,20,22). The van der Waals surface area contributed by atoms with Crippen molar-refractivity contribution < 1.29 is 28.9 Å². The second-order valence-corrected chi connectivity index (χ2v) is 5.45. The molecule has 0 aliphatic rings. The van der Waals surface area contributed by atoms with Gasteiger partial charge in [0.15, 0.2) is 18.1 Å². The molecule has 1 amide bonds. The van der Waals surface area contributed by atoms with E-state index < -0.39 is 18.5 Å². The van der Waals surface area contributed by atoms with Crippen molar-refractivity contribution in [1.29, 1.82) is 0 Å². The topological polar surface area (TPSA) is 94.1 Å². The van der Waals surface area contributed by atoms with Crippen LogP contribution in [0.1, 0.15) is 15.9 Å². The van der Waals surface area contributed by atoms with Crippen molar-refractivity contribution in [3.8, 4) is 17.2 Å². The maximum Gasteiger partial charge on any atom is 0.342 e. The normalized spacial score (nSPS) is 10.1. The van der Waals surface area contributed by atoms with Crippen LogP contribution in [0.25, 0.3) is 0 Å². The van der Waals surface area contributed by atoms with E-state index in [1.165, 1.54) is 12.1 Å². The second kappa shape index (κ2) is 9.31. The summed E-state index contributed by atoms with van der Waals surface area (Å²) in [7, 11) is 1.55. The van der Waals surface area contributed by atoms with Gasteiger partial charge in [-0.05, 0) is 36.8 Å². The Morgan fingerprint density at radius 3 is 2.54 bits per heavy atom. The summed E-state index contributed by atoms with van der Waals surface area (Å²) in [5.41, 5.74) is 0.828. The molecule has 7 heteroatoms. The fourth-order valence-corrected chi connectivity index (χ4v) is 2.16. The summed E-state index contributed by atoms with van der Waals surface area (Å²) in [6.07, 6.45) is 0. The van der Waals surface area contributed by atoms with Crippen molar-refractivity contribution in [2.75, 3.05) is 26.9 Å². The minimum Gasteiger partial charge on any atom is -0.507 e. The molecule has 0 saturated heterocycles. The van der Waals surface area contributed by atoms with Gasteiger partial charge in [-0.2, -0.15) is 0 Å². The molecule has 2 N–H and O–H groups in total. The summed E-state index contributed by atoms with van der Waals surface area (Å²) >= 11 is 0. The van der Waals surface area contributed by atoms with E-state index in [9.17, 15) is 14.7 Å². The average Bonchev–Trinajstić information content (AvgIpc) is 2.63. The fraction of sp³-hybridized carbons (Fsp3) is 0.263. The van der Waals surface area contributed by atoms with Crippen LogP contribution in [0.3, 0.4) is 0 Å². The van der Waals surface area contributed by atoms with E-state index in [1.807, 2.05) is 12.1 Å². The Kier molecular flexibility index (Phi) is 6.84. The quantitative estimate of drug-likeness (QED) is 0.553. The number of hydrogen-bond donors (Lipinski definition) is 2. The van der Waals surface area contributed by atoms with E-state index in [4.69, 9.17) is 14.2 Å². The third kappa shape index (κ3) is 5.41. The summed E-state index contributed by atoms with van der Waals surface area (Å²) in [6.45, 7) is 1.82. The lowest BCUT2D eigenvalue weighted by atomic mass is 10.1. The van der Waals surface area contributed by atoms with Gasteiger partial charge in [-0.25, -0.2) is 4.79 Å². The van der Waals surface area contributed by atoms with E-state index in [2.05, 4.69) is 5.32 Å². The van der Waals surface area contributed by atoms with Gasteiger partial charge in [-0.1, -0.05) is 18.2 Å². The molecule has 0 spiro atoms. The lowest BCUT2D eigenvalue weighted by Crippen LogP contribution is -2.32. The number of aryl methyl sites for hydroxylation is 1. The van der Waals surface area contributed by atoms with Gasteiger partial charge in [-0.15, -0.1) is 0 Å². The van der Waals surface area contributed by atoms with Gasteiger partial charge < -0.3 is 24.6 Å². The van der Waals surface area contributed by atoms with Gasteiger partial charge in [-0.3, -0.25) is 4.79 Å². The number of phenols is 1. The molecule has 0 fully saturated rings. The highest BCUT2D eigenvalue weighted by molar-refractivity contribution is 5.93. The van der Waals surface area contributed by atoms with E-state index in [-0.39, 0.29) is 24.5 Å². The number of carbonyl (C=O) groups excluding carboxylic acids is 2. The van der Waals surface area contributed by atoms with Gasteiger partial charge in [0.2, 0.25) is 0 Å². The van der Waals surface area contributed by atoms with Gasteiger partial charge >= 0.3 is 5.97 Å². The Morgan fingerprint density at radius 2 is 1.85 bits per heavy atom. The summed E-state index contributed by atoms with van der Waals surface area (Å²) < 4.78 is 15.6. The number of carbonyl (C=O) groups is 2. The third-order valence-electron chi connectivity index (χ3n) is 3.46. The molecule has 0 saturated carbocycles. The molecular formula is C19H21NO6. The van der Waals surface area contributed by atoms with Crippen molar-refractivity contribution in [3.05, 3.63) is 53.6 Å². The molecule has 2 rings (SSSR count). The number of phenolic OH excluding ortho intramolecular Hbond substituents is 1. The fourth-order valence-electron chi connectivity index (χ4n) is 2.16. The summed E-state index contributed by atoms with van der Waals surface area (Å²) in [5, 5.41) is 12.3. The van der Waals surface area contributed by atoms with Crippen LogP contribution in [0.15, 0.2) is 42.5 Å². The molecule has 0 aliphatic carbocycles. The van der Waals surface area contributed by atoms with E-state index in [1.54, 1.807) is 32.2 Å². The van der Waals surface area contributed by atoms with Gasteiger partial charge in [0, 0.05) is 0 Å². The zero-order chi connectivity index (χ0) is 18.9. The summed E-state index contributed by atoms with van der Waals surface area (Å²) in [5.74, 6) is -0.228. The molecule has 0 heterocycles. The van der Waals surface area contributed by atoms with E-state index in [0.717, 1.165) is 5.56 Å². The van der Waals surface area contributed by atoms with Gasteiger partial charge in [0.05, 0.1) is 13.7 Å². The molecule has 7 nitrogen and oxygen atoms in total. The highest BCUT2D eigenvalue weighted by Gasteiger charge is 2.14. The maximum atomic E-state index is 11.9. The first-order chi connectivity index (χ1) is 12.5. The molecule has 2 aromatic carbocycles. The highest BCUT2D eigenvalue weighted by Crippen LogP contribution is 2.25. The van der Waals surface area contributed by atoms with E-state index in [0.29, 0.717) is 11.5 Å². The van der Waals surface area contributed by atoms with Crippen LogP contribution in [-0.4, -0.2) is 43.9 Å². The van der Waals surface area contributed by atoms with Crippen molar-refractivity contribution in [2.24, 2.45) is 0 Å². The second-order valence-electron chi connectivity index (χ2n) is 5.45. The average molecular weight is 359 g/mol. The van der Waals surface area contributed by atoms with Crippen LogP contribution in [-0.2, 0) is 9.53 Å². The molecule has 0 radical (unpaired) electrons. The molecule has 138 valence electrons. The number of ether oxygens (including phenoxy) is 3. The minimum absolute atomic E-state index is 0.0166. The molecule has 0 aromatic heterocycles. The number of rotatable bonds is 8.